The van der Waals surface area contributed by atoms with Crippen molar-refractivity contribution in [2.75, 3.05) is 6.26 Å². The second-order valence-corrected chi connectivity index (χ2v) is 4.40. The third kappa shape index (κ3) is 3.45. The Morgan fingerprint density at radius 2 is 2.24 bits per heavy atom. The van der Waals surface area contributed by atoms with Crippen molar-refractivity contribution in [1.29, 1.82) is 10.5 Å². The molecule has 86 valence electrons. The molecule has 0 aromatic heterocycles. The number of nitriles is 2. The lowest BCUT2D eigenvalue weighted by Gasteiger charge is -2.03. The minimum absolute atomic E-state index is 0.0604. The maximum Gasteiger partial charge on any atom is 0.183 e. The molecule has 1 aromatic carbocycles. The van der Waals surface area contributed by atoms with Crippen molar-refractivity contribution in [1.82, 2.24) is 5.32 Å². The first-order valence-corrected chi connectivity index (χ1v) is 6.31. The fourth-order valence-corrected chi connectivity index (χ4v) is 1.76. The number of amidine groups is 1. The summed E-state index contributed by atoms with van der Waals surface area (Å²) in [6, 6.07) is 4.21. The van der Waals surface area contributed by atoms with Gasteiger partial charge in [-0.2, -0.15) is 10.5 Å². The van der Waals surface area contributed by atoms with Gasteiger partial charge in [0.25, 0.3) is 0 Å². The number of rotatable bonds is 1. The van der Waals surface area contributed by atoms with E-state index in [4.69, 9.17) is 10.5 Å². The fraction of sp³-hybridized carbons (Fsp3) is 0.100. The first-order chi connectivity index (χ1) is 8.12. The van der Waals surface area contributed by atoms with E-state index < -0.39 is 5.82 Å². The number of hydrogen-bond acceptors (Lipinski definition) is 4. The molecule has 0 bridgehead atoms. The van der Waals surface area contributed by atoms with Crippen LogP contribution in [0.15, 0.2) is 21.6 Å². The van der Waals surface area contributed by atoms with Crippen LogP contribution in [0.2, 0.25) is 0 Å². The second kappa shape index (κ2) is 6.24. The van der Waals surface area contributed by atoms with Gasteiger partial charge in [-0.05, 0) is 28.3 Å². The topological polar surface area (TPSA) is 72.0 Å². The smallest absolute Gasteiger partial charge is 0.183 e. The SMILES string of the molecule is CSC(=Nc1cc(F)c(C#N)cc1Br)NC#N. The average Bonchev–Trinajstić information content (AvgIpc) is 2.32. The molecule has 17 heavy (non-hydrogen) atoms. The number of benzene rings is 1. The van der Waals surface area contributed by atoms with Crippen LogP contribution in [0, 0.1) is 28.6 Å². The average molecular weight is 313 g/mol. The van der Waals surface area contributed by atoms with Crippen molar-refractivity contribution in [3.63, 3.8) is 0 Å². The number of nitrogens with zero attached hydrogens (tertiary/aromatic N) is 3. The Hall–Kier alpha value is -1.57. The van der Waals surface area contributed by atoms with Crippen molar-refractivity contribution in [3.05, 3.63) is 28.0 Å². The maximum atomic E-state index is 13.4. The van der Waals surface area contributed by atoms with Crippen LogP contribution in [0.5, 0.6) is 0 Å². The molecule has 0 radical (unpaired) electrons. The number of nitrogens with one attached hydrogen (secondary N) is 1. The van der Waals surface area contributed by atoms with Gasteiger partial charge in [0.15, 0.2) is 11.4 Å². The van der Waals surface area contributed by atoms with E-state index in [0.29, 0.717) is 15.3 Å². The maximum absolute atomic E-state index is 13.4. The molecule has 0 fully saturated rings. The Bertz CT molecular complexity index is 544. The number of thioether (sulfide) groups is 1. The predicted molar refractivity (Wildman–Crippen MR) is 68.2 cm³/mol. The summed E-state index contributed by atoms with van der Waals surface area (Å²) in [7, 11) is 0. The Labute approximate surface area is 110 Å². The summed E-state index contributed by atoms with van der Waals surface area (Å²) >= 11 is 4.41. The van der Waals surface area contributed by atoms with Gasteiger partial charge < -0.3 is 0 Å². The summed E-state index contributed by atoms with van der Waals surface area (Å²) in [5.74, 6) is -0.646. The first kappa shape index (κ1) is 13.5. The van der Waals surface area contributed by atoms with Crippen LogP contribution in [0.25, 0.3) is 0 Å². The summed E-state index contributed by atoms with van der Waals surface area (Å²) in [6.45, 7) is 0. The van der Waals surface area contributed by atoms with E-state index in [9.17, 15) is 4.39 Å². The molecule has 0 amide bonds. The van der Waals surface area contributed by atoms with Crippen molar-refractivity contribution >= 4 is 38.5 Å². The predicted octanol–water partition coefficient (Wildman–Crippen LogP) is 2.88. The van der Waals surface area contributed by atoms with Crippen LogP contribution >= 0.6 is 27.7 Å². The molecular formula is C10H6BrFN4S. The second-order valence-electron chi connectivity index (χ2n) is 2.75. The van der Waals surface area contributed by atoms with E-state index in [0.717, 1.165) is 6.07 Å². The summed E-state index contributed by atoms with van der Waals surface area (Å²) in [5.41, 5.74) is 0.253. The van der Waals surface area contributed by atoms with Crippen LogP contribution in [-0.2, 0) is 0 Å². The number of hydrogen-bond donors (Lipinski definition) is 1. The molecule has 0 unspecified atom stereocenters. The first-order valence-electron chi connectivity index (χ1n) is 4.29. The molecule has 0 aliphatic rings. The van der Waals surface area contributed by atoms with E-state index in [1.165, 1.54) is 17.8 Å². The van der Waals surface area contributed by atoms with Crippen molar-refractivity contribution in [3.8, 4) is 12.3 Å². The summed E-state index contributed by atoms with van der Waals surface area (Å²) in [4.78, 5) is 4.05. The lowest BCUT2D eigenvalue weighted by atomic mass is 10.2. The largest absolute Gasteiger partial charge is 0.271 e. The van der Waals surface area contributed by atoms with Gasteiger partial charge in [0.1, 0.15) is 11.9 Å². The minimum Gasteiger partial charge on any atom is -0.271 e. The van der Waals surface area contributed by atoms with E-state index in [-0.39, 0.29) is 5.56 Å². The van der Waals surface area contributed by atoms with Crippen LogP contribution < -0.4 is 5.32 Å². The van der Waals surface area contributed by atoms with E-state index >= 15 is 0 Å². The molecule has 0 atom stereocenters. The third-order valence-electron chi connectivity index (χ3n) is 1.74. The van der Waals surface area contributed by atoms with E-state index in [1.807, 2.05) is 0 Å². The lowest BCUT2D eigenvalue weighted by molar-refractivity contribution is 0.624. The minimum atomic E-state index is -0.646. The zero-order valence-corrected chi connectivity index (χ0v) is 11.1. The Morgan fingerprint density at radius 3 is 2.76 bits per heavy atom. The molecule has 1 aromatic rings. The molecule has 1 N–H and O–H groups in total. The zero-order valence-electron chi connectivity index (χ0n) is 8.66. The van der Waals surface area contributed by atoms with Gasteiger partial charge in [0, 0.05) is 10.5 Å². The van der Waals surface area contributed by atoms with Gasteiger partial charge in [-0.3, -0.25) is 5.32 Å². The quantitative estimate of drug-likeness (QED) is 0.374. The Morgan fingerprint density at radius 1 is 1.53 bits per heavy atom. The molecule has 0 aliphatic carbocycles. The van der Waals surface area contributed by atoms with Crippen molar-refractivity contribution in [2.24, 2.45) is 4.99 Å². The highest BCUT2D eigenvalue weighted by Gasteiger charge is 2.08. The molecule has 0 saturated heterocycles. The Balaban J connectivity index is 3.21. The molecule has 1 rings (SSSR count). The molecule has 7 heteroatoms. The van der Waals surface area contributed by atoms with Crippen molar-refractivity contribution < 1.29 is 4.39 Å². The summed E-state index contributed by atoms with van der Waals surface area (Å²) in [5, 5.41) is 19.8. The number of halogens is 2. The van der Waals surface area contributed by atoms with Gasteiger partial charge in [0.2, 0.25) is 0 Å². The highest BCUT2D eigenvalue weighted by Crippen LogP contribution is 2.28. The standard InChI is InChI=1S/C10H6BrFN4S/c1-17-10(15-5-14)16-9-3-8(12)6(4-13)2-7(9)11/h2-3H,1H3,(H,15,16). The van der Waals surface area contributed by atoms with Crippen LogP contribution in [0.3, 0.4) is 0 Å². The summed E-state index contributed by atoms with van der Waals surface area (Å²) in [6.07, 6.45) is 3.47. The van der Waals surface area contributed by atoms with Gasteiger partial charge in [-0.1, -0.05) is 11.8 Å². The zero-order chi connectivity index (χ0) is 12.8. The molecular weight excluding hydrogens is 307 g/mol. The molecule has 0 saturated carbocycles. The van der Waals surface area contributed by atoms with Gasteiger partial charge in [0.05, 0.1) is 11.3 Å². The van der Waals surface area contributed by atoms with Gasteiger partial charge >= 0.3 is 0 Å². The van der Waals surface area contributed by atoms with Gasteiger partial charge in [-0.25, -0.2) is 9.38 Å². The fourth-order valence-electron chi connectivity index (χ4n) is 0.990. The Kier molecular flexibility index (Phi) is 4.95. The van der Waals surface area contributed by atoms with E-state index in [2.05, 4.69) is 26.2 Å². The number of aliphatic imine (C=N–C) groups is 1. The van der Waals surface area contributed by atoms with Gasteiger partial charge in [-0.15, -0.1) is 0 Å². The highest BCUT2D eigenvalue weighted by atomic mass is 79.9. The lowest BCUT2D eigenvalue weighted by Crippen LogP contribution is -2.12. The molecule has 0 heterocycles. The summed E-state index contributed by atoms with van der Waals surface area (Å²) < 4.78 is 13.9. The normalized spacial score (nSPS) is 10.5. The van der Waals surface area contributed by atoms with Crippen molar-refractivity contribution in [2.45, 2.75) is 0 Å². The highest BCUT2D eigenvalue weighted by molar-refractivity contribution is 9.10. The van der Waals surface area contributed by atoms with Crippen LogP contribution in [0.4, 0.5) is 10.1 Å². The van der Waals surface area contributed by atoms with Crippen LogP contribution in [0.1, 0.15) is 5.56 Å². The van der Waals surface area contributed by atoms with Crippen LogP contribution in [-0.4, -0.2) is 11.4 Å². The molecule has 4 nitrogen and oxygen atoms in total. The monoisotopic (exact) mass is 312 g/mol. The molecule has 0 spiro atoms. The van der Waals surface area contributed by atoms with E-state index in [1.54, 1.807) is 18.5 Å². The molecule has 0 aliphatic heterocycles. The third-order valence-corrected chi connectivity index (χ3v) is 2.95.